The van der Waals surface area contributed by atoms with Gasteiger partial charge in [-0.1, -0.05) is 69.3 Å². The van der Waals surface area contributed by atoms with Gasteiger partial charge < -0.3 is 24.6 Å². The van der Waals surface area contributed by atoms with E-state index in [4.69, 9.17) is 26.1 Å². The summed E-state index contributed by atoms with van der Waals surface area (Å²) in [6.07, 6.45) is 8.03. The van der Waals surface area contributed by atoms with Crippen LogP contribution < -0.4 is 10.1 Å². The van der Waals surface area contributed by atoms with E-state index in [2.05, 4.69) is 55.8 Å². The number of carbonyl (C=O) groups excluding carboxylic acids is 1. The second-order valence-corrected chi connectivity index (χ2v) is 13.6. The predicted molar refractivity (Wildman–Crippen MR) is 195 cm³/mol. The molecular weight excluding hydrogens is 620 g/mol. The van der Waals surface area contributed by atoms with Crippen LogP contribution in [-0.2, 0) is 16.0 Å². The van der Waals surface area contributed by atoms with Crippen LogP contribution in [0.25, 0.3) is 22.4 Å². The summed E-state index contributed by atoms with van der Waals surface area (Å²) in [6.45, 7) is 12.0. The standard InChI is InChI=1S/C40H47ClN4O3/c1-8-24(2)36-29(30-15-10-16-31(37(30)41)34-22-28-19-18-25(3)35(28)40(43-34)48-7)14-11-17-33(36)42-39(46)32-23-45(20-21-47-6)26(4)44(5)38(32)27-12-9-13-27/h10-11,14-17,22-25H,4,8-9,12-13,18-21H2,1-3,5-7H3,(H,42,46). The summed E-state index contributed by atoms with van der Waals surface area (Å²) >= 11 is 7.30. The molecule has 1 N–H and O–H groups in total. The van der Waals surface area contributed by atoms with Crippen molar-refractivity contribution in [1.29, 1.82) is 0 Å². The Morgan fingerprint density at radius 2 is 1.85 bits per heavy atom. The van der Waals surface area contributed by atoms with E-state index in [0.717, 1.165) is 83.7 Å². The molecule has 1 amide bonds. The van der Waals surface area contributed by atoms with Crippen molar-refractivity contribution in [3.8, 4) is 28.3 Å². The molecule has 1 fully saturated rings. The molecule has 0 saturated heterocycles. The van der Waals surface area contributed by atoms with Crippen molar-refractivity contribution in [2.24, 2.45) is 0 Å². The van der Waals surface area contributed by atoms with Crippen molar-refractivity contribution in [3.05, 3.63) is 99.6 Å². The van der Waals surface area contributed by atoms with Gasteiger partial charge in [-0.25, -0.2) is 4.98 Å². The molecule has 2 heterocycles. The minimum atomic E-state index is -0.142. The Kier molecular flexibility index (Phi) is 10.00. The van der Waals surface area contributed by atoms with Crippen LogP contribution in [0.2, 0.25) is 5.02 Å². The summed E-state index contributed by atoms with van der Waals surface area (Å²) in [4.78, 5) is 23.3. The van der Waals surface area contributed by atoms with E-state index >= 15 is 0 Å². The number of aromatic nitrogens is 1. The van der Waals surface area contributed by atoms with Crippen molar-refractivity contribution in [3.63, 3.8) is 0 Å². The molecule has 6 rings (SSSR count). The number of methoxy groups -OCH3 is 2. The van der Waals surface area contributed by atoms with E-state index in [1.165, 1.54) is 16.7 Å². The maximum atomic E-state index is 14.3. The highest BCUT2D eigenvalue weighted by atomic mass is 35.5. The van der Waals surface area contributed by atoms with Crippen molar-refractivity contribution < 1.29 is 14.3 Å². The molecule has 3 aliphatic rings. The zero-order valence-electron chi connectivity index (χ0n) is 29.1. The fourth-order valence-electron chi connectivity index (χ4n) is 7.26. The number of nitrogens with one attached hydrogen (secondary N) is 1. The molecule has 2 aliphatic carbocycles. The van der Waals surface area contributed by atoms with Gasteiger partial charge in [0.1, 0.15) is 5.82 Å². The first-order valence-corrected chi connectivity index (χ1v) is 17.5. The highest BCUT2D eigenvalue weighted by Gasteiger charge is 2.32. The van der Waals surface area contributed by atoms with Crippen LogP contribution in [0.4, 0.5) is 5.69 Å². The summed E-state index contributed by atoms with van der Waals surface area (Å²) in [6, 6.07) is 14.4. The number of likely N-dealkylation sites (N-methyl/N-ethyl adjacent to an activating group) is 1. The molecule has 7 nitrogen and oxygen atoms in total. The number of fused-ring (bicyclic) bond motifs is 1. The number of pyridine rings is 1. The lowest BCUT2D eigenvalue weighted by Gasteiger charge is -2.40. The van der Waals surface area contributed by atoms with Crippen LogP contribution in [0, 0.1) is 0 Å². The highest BCUT2D eigenvalue weighted by Crippen LogP contribution is 2.45. The Morgan fingerprint density at radius 3 is 2.54 bits per heavy atom. The van der Waals surface area contributed by atoms with Gasteiger partial charge >= 0.3 is 0 Å². The average Bonchev–Trinajstić information content (AvgIpc) is 3.45. The number of hydrogen-bond acceptors (Lipinski definition) is 6. The predicted octanol–water partition coefficient (Wildman–Crippen LogP) is 9.27. The first-order valence-electron chi connectivity index (χ1n) is 17.1. The summed E-state index contributed by atoms with van der Waals surface area (Å²) in [5, 5.41) is 3.97. The third-order valence-corrected chi connectivity index (χ3v) is 10.7. The number of carbonyl (C=O) groups is 1. The number of aryl methyl sites for hydroxylation is 1. The number of halogens is 1. The third kappa shape index (κ3) is 6.14. The van der Waals surface area contributed by atoms with Gasteiger partial charge in [-0.3, -0.25) is 4.79 Å². The Bertz CT molecular complexity index is 1810. The fourth-order valence-corrected chi connectivity index (χ4v) is 7.58. The molecule has 1 aromatic heterocycles. The van der Waals surface area contributed by atoms with Gasteiger partial charge in [0, 0.05) is 49.3 Å². The van der Waals surface area contributed by atoms with E-state index in [0.29, 0.717) is 35.5 Å². The normalized spacial score (nSPS) is 18.0. The van der Waals surface area contributed by atoms with E-state index in [-0.39, 0.29) is 11.8 Å². The third-order valence-electron chi connectivity index (χ3n) is 10.3. The minimum Gasteiger partial charge on any atom is -0.481 e. The summed E-state index contributed by atoms with van der Waals surface area (Å²) in [5.41, 5.74) is 10.8. The molecule has 48 heavy (non-hydrogen) atoms. The van der Waals surface area contributed by atoms with Gasteiger partial charge in [0.05, 0.1) is 35.7 Å². The van der Waals surface area contributed by atoms with Gasteiger partial charge in [-0.05, 0) is 84.8 Å². The van der Waals surface area contributed by atoms with Crippen molar-refractivity contribution in [2.75, 3.05) is 39.7 Å². The summed E-state index contributed by atoms with van der Waals surface area (Å²) < 4.78 is 11.1. The van der Waals surface area contributed by atoms with Gasteiger partial charge in [-0.15, -0.1) is 0 Å². The summed E-state index contributed by atoms with van der Waals surface area (Å²) in [7, 11) is 5.36. The Hall–Kier alpha value is -4.07. The molecule has 1 aliphatic heterocycles. The van der Waals surface area contributed by atoms with E-state index in [1.54, 1.807) is 14.2 Å². The number of anilines is 1. The molecule has 2 atom stereocenters. The van der Waals surface area contributed by atoms with Crippen molar-refractivity contribution in [2.45, 2.75) is 71.1 Å². The first-order chi connectivity index (χ1) is 23.2. The van der Waals surface area contributed by atoms with E-state index < -0.39 is 0 Å². The van der Waals surface area contributed by atoms with Gasteiger partial charge in [0.2, 0.25) is 5.88 Å². The van der Waals surface area contributed by atoms with Gasteiger partial charge in [0.15, 0.2) is 0 Å². The molecule has 2 unspecified atom stereocenters. The molecule has 3 aromatic rings. The maximum Gasteiger partial charge on any atom is 0.259 e. The molecule has 1 saturated carbocycles. The second kappa shape index (κ2) is 14.2. The van der Waals surface area contributed by atoms with Crippen LogP contribution in [0.5, 0.6) is 5.88 Å². The largest absolute Gasteiger partial charge is 0.481 e. The highest BCUT2D eigenvalue weighted by molar-refractivity contribution is 6.36. The van der Waals surface area contributed by atoms with Crippen LogP contribution in [-0.4, -0.2) is 55.1 Å². The quantitative estimate of drug-likeness (QED) is 0.233. The lowest BCUT2D eigenvalue weighted by Crippen LogP contribution is -2.39. The Morgan fingerprint density at radius 1 is 1.12 bits per heavy atom. The van der Waals surface area contributed by atoms with Crippen molar-refractivity contribution in [1.82, 2.24) is 14.8 Å². The fraction of sp³-hybridized carbons (Fsp3) is 0.400. The van der Waals surface area contributed by atoms with Crippen molar-refractivity contribution >= 4 is 23.2 Å². The van der Waals surface area contributed by atoms with Crippen LogP contribution >= 0.6 is 11.6 Å². The number of amides is 1. The van der Waals surface area contributed by atoms with Gasteiger partial charge in [-0.2, -0.15) is 0 Å². The monoisotopic (exact) mass is 666 g/mol. The lowest BCUT2D eigenvalue weighted by molar-refractivity contribution is -0.113. The van der Waals surface area contributed by atoms with Crippen LogP contribution in [0.1, 0.15) is 81.4 Å². The zero-order chi connectivity index (χ0) is 34.1. The first kappa shape index (κ1) is 33.8. The average molecular weight is 667 g/mol. The molecule has 252 valence electrons. The number of allylic oxidation sites excluding steroid dienone is 1. The molecular formula is C40H47ClN4O3. The van der Waals surface area contributed by atoms with E-state index in [9.17, 15) is 4.79 Å². The summed E-state index contributed by atoms with van der Waals surface area (Å²) in [5.74, 6) is 1.95. The molecule has 0 bridgehead atoms. The van der Waals surface area contributed by atoms with E-state index in [1.807, 2.05) is 42.4 Å². The number of ether oxygens (including phenoxy) is 2. The Labute approximate surface area is 290 Å². The number of benzene rings is 2. The second-order valence-electron chi connectivity index (χ2n) is 13.2. The van der Waals surface area contributed by atoms with Gasteiger partial charge in [0.25, 0.3) is 5.91 Å². The maximum absolute atomic E-state index is 14.3. The molecule has 0 radical (unpaired) electrons. The Balaban J connectivity index is 1.41. The van der Waals surface area contributed by atoms with Crippen LogP contribution in [0.3, 0.4) is 0 Å². The smallest absolute Gasteiger partial charge is 0.259 e. The number of hydrogen-bond donors (Lipinski definition) is 1. The SMILES string of the molecule is C=C1N(CCOC)C=C(C(=O)Nc2cccc(-c3cccc(-c4cc5c(c(OC)n4)C(C)CC5)c3Cl)c2C(C)CC)C(=C2CCC2)N1C. The number of rotatable bonds is 10. The number of nitrogens with zero attached hydrogens (tertiary/aromatic N) is 3. The van der Waals surface area contributed by atoms with Crippen LogP contribution in [0.15, 0.2) is 77.9 Å². The molecule has 2 aromatic carbocycles. The minimum absolute atomic E-state index is 0.142. The molecule has 8 heteroatoms. The molecule has 0 spiro atoms. The zero-order valence-corrected chi connectivity index (χ0v) is 29.8. The lowest BCUT2D eigenvalue weighted by atomic mass is 9.86. The topological polar surface area (TPSA) is 66.9 Å².